The van der Waals surface area contributed by atoms with Crippen molar-refractivity contribution >= 4 is 15.9 Å². The van der Waals surface area contributed by atoms with Crippen LogP contribution in [0.25, 0.3) is 0 Å². The highest BCUT2D eigenvalue weighted by Gasteiger charge is 2.21. The number of benzene rings is 2. The first-order chi connectivity index (χ1) is 9.04. The van der Waals surface area contributed by atoms with Crippen LogP contribution in [0.4, 0.5) is 8.78 Å². The molecule has 2 aromatic carbocycles. The first kappa shape index (κ1) is 14.2. The van der Waals surface area contributed by atoms with Crippen LogP contribution < -0.4 is 5.32 Å². The Morgan fingerprint density at radius 1 is 1.11 bits per heavy atom. The van der Waals surface area contributed by atoms with Gasteiger partial charge in [0.25, 0.3) is 0 Å². The quantitative estimate of drug-likeness (QED) is 0.884. The molecule has 0 saturated heterocycles. The molecule has 2 aromatic rings. The highest BCUT2D eigenvalue weighted by molar-refractivity contribution is 9.10. The molecule has 0 bridgehead atoms. The van der Waals surface area contributed by atoms with E-state index in [1.165, 1.54) is 12.1 Å². The Morgan fingerprint density at radius 3 is 2.47 bits per heavy atom. The van der Waals surface area contributed by atoms with E-state index in [2.05, 4.69) is 21.2 Å². The van der Waals surface area contributed by atoms with E-state index in [4.69, 9.17) is 0 Å². The second kappa shape index (κ2) is 5.80. The summed E-state index contributed by atoms with van der Waals surface area (Å²) < 4.78 is 28.6. The molecule has 1 atom stereocenters. The molecule has 0 aliphatic rings. The number of halogens is 3. The maximum atomic E-state index is 14.0. The van der Waals surface area contributed by atoms with Gasteiger partial charge in [-0.15, -0.1) is 0 Å². The number of hydrogen-bond acceptors (Lipinski definition) is 1. The van der Waals surface area contributed by atoms with Crippen molar-refractivity contribution in [1.29, 1.82) is 0 Å². The van der Waals surface area contributed by atoms with Crippen molar-refractivity contribution in [2.24, 2.45) is 0 Å². The van der Waals surface area contributed by atoms with Gasteiger partial charge in [-0.3, -0.25) is 0 Å². The van der Waals surface area contributed by atoms with Gasteiger partial charge in [0.15, 0.2) is 0 Å². The summed E-state index contributed by atoms with van der Waals surface area (Å²) in [5.41, 5.74) is 1.78. The largest absolute Gasteiger partial charge is 0.309 e. The predicted octanol–water partition coefficient (Wildman–Crippen LogP) is 4.34. The molecule has 0 radical (unpaired) electrons. The molecule has 1 nitrogen and oxygen atoms in total. The first-order valence-corrected chi connectivity index (χ1v) is 6.71. The molecule has 19 heavy (non-hydrogen) atoms. The van der Waals surface area contributed by atoms with Gasteiger partial charge in [-0.2, -0.15) is 0 Å². The Morgan fingerprint density at radius 2 is 1.84 bits per heavy atom. The molecule has 0 spiro atoms. The van der Waals surface area contributed by atoms with Gasteiger partial charge in [-0.1, -0.05) is 39.7 Å². The standard InChI is InChI=1S/C15H14BrF2N/c1-9-6-7-12(17)10(8-9)15(19-2)14-11(16)4-3-5-13(14)18/h3-8,15,19H,1-2H3. The van der Waals surface area contributed by atoms with Crippen LogP contribution in [0.3, 0.4) is 0 Å². The van der Waals surface area contributed by atoms with Gasteiger partial charge in [0.2, 0.25) is 0 Å². The molecule has 4 heteroatoms. The van der Waals surface area contributed by atoms with E-state index in [-0.39, 0.29) is 11.6 Å². The topological polar surface area (TPSA) is 12.0 Å². The van der Waals surface area contributed by atoms with Crippen LogP contribution in [0.1, 0.15) is 22.7 Å². The lowest BCUT2D eigenvalue weighted by Crippen LogP contribution is -2.21. The molecular formula is C15H14BrF2N. The van der Waals surface area contributed by atoms with Crippen LogP contribution >= 0.6 is 15.9 Å². The van der Waals surface area contributed by atoms with Crippen LogP contribution in [-0.2, 0) is 0 Å². The van der Waals surface area contributed by atoms with Gasteiger partial charge >= 0.3 is 0 Å². The van der Waals surface area contributed by atoms with Crippen LogP contribution in [0.2, 0.25) is 0 Å². The fourth-order valence-electron chi connectivity index (χ4n) is 2.13. The number of rotatable bonds is 3. The SMILES string of the molecule is CNC(c1cc(C)ccc1F)c1c(F)cccc1Br. The molecule has 0 aromatic heterocycles. The van der Waals surface area contributed by atoms with E-state index < -0.39 is 6.04 Å². The minimum Gasteiger partial charge on any atom is -0.309 e. The number of nitrogens with one attached hydrogen (secondary N) is 1. The number of aryl methyl sites for hydroxylation is 1. The summed E-state index contributed by atoms with van der Waals surface area (Å²) in [7, 11) is 1.69. The first-order valence-electron chi connectivity index (χ1n) is 5.92. The highest BCUT2D eigenvalue weighted by atomic mass is 79.9. The third kappa shape index (κ3) is 2.85. The van der Waals surface area contributed by atoms with Gasteiger partial charge in [0.1, 0.15) is 11.6 Å². The van der Waals surface area contributed by atoms with Gasteiger partial charge < -0.3 is 5.32 Å². The molecule has 0 amide bonds. The Hall–Kier alpha value is -1.26. The summed E-state index contributed by atoms with van der Waals surface area (Å²) in [4.78, 5) is 0. The van der Waals surface area contributed by atoms with Gasteiger partial charge in [0.05, 0.1) is 6.04 Å². The summed E-state index contributed by atoms with van der Waals surface area (Å²) in [5.74, 6) is -0.713. The average Bonchev–Trinajstić information content (AvgIpc) is 2.37. The summed E-state index contributed by atoms with van der Waals surface area (Å²) in [6, 6.07) is 9.04. The number of hydrogen-bond donors (Lipinski definition) is 1. The minimum atomic E-state index is -0.532. The van der Waals surface area contributed by atoms with Gasteiger partial charge in [-0.25, -0.2) is 8.78 Å². The lowest BCUT2D eigenvalue weighted by Gasteiger charge is -2.20. The van der Waals surface area contributed by atoms with E-state index in [1.54, 1.807) is 31.3 Å². The lowest BCUT2D eigenvalue weighted by atomic mass is 9.96. The Balaban J connectivity index is 2.59. The van der Waals surface area contributed by atoms with Crippen LogP contribution in [0.15, 0.2) is 40.9 Å². The third-order valence-electron chi connectivity index (χ3n) is 3.04. The molecule has 1 unspecified atom stereocenters. The van der Waals surface area contributed by atoms with E-state index in [1.807, 2.05) is 6.92 Å². The molecule has 0 fully saturated rings. The van der Waals surface area contributed by atoms with E-state index in [0.717, 1.165) is 5.56 Å². The Bertz CT molecular complexity index is 578. The van der Waals surface area contributed by atoms with Crippen molar-refractivity contribution in [2.75, 3.05) is 7.05 Å². The van der Waals surface area contributed by atoms with Gasteiger partial charge in [-0.05, 0) is 32.2 Å². The summed E-state index contributed by atoms with van der Waals surface area (Å²) in [6.07, 6.45) is 0. The normalized spacial score (nSPS) is 12.5. The Kier molecular flexibility index (Phi) is 4.32. The monoisotopic (exact) mass is 325 g/mol. The molecule has 0 heterocycles. The van der Waals surface area contributed by atoms with Crippen LogP contribution in [0, 0.1) is 18.6 Å². The summed E-state index contributed by atoms with van der Waals surface area (Å²) in [6.45, 7) is 1.88. The van der Waals surface area contributed by atoms with Gasteiger partial charge in [0, 0.05) is 15.6 Å². The van der Waals surface area contributed by atoms with Crippen molar-refractivity contribution in [3.63, 3.8) is 0 Å². The highest BCUT2D eigenvalue weighted by Crippen LogP contribution is 2.32. The van der Waals surface area contributed by atoms with Crippen molar-refractivity contribution in [3.05, 3.63) is 69.2 Å². The van der Waals surface area contributed by atoms with Crippen molar-refractivity contribution < 1.29 is 8.78 Å². The maximum absolute atomic E-state index is 14.0. The minimum absolute atomic E-state index is 0.347. The van der Waals surface area contributed by atoms with Crippen molar-refractivity contribution in [2.45, 2.75) is 13.0 Å². The molecular weight excluding hydrogens is 312 g/mol. The molecule has 0 aliphatic carbocycles. The molecule has 100 valence electrons. The van der Waals surface area contributed by atoms with E-state index in [9.17, 15) is 8.78 Å². The van der Waals surface area contributed by atoms with E-state index >= 15 is 0 Å². The molecule has 1 N–H and O–H groups in total. The van der Waals surface area contributed by atoms with Crippen molar-refractivity contribution in [3.8, 4) is 0 Å². The third-order valence-corrected chi connectivity index (χ3v) is 3.73. The average molecular weight is 326 g/mol. The van der Waals surface area contributed by atoms with E-state index in [0.29, 0.717) is 15.6 Å². The van der Waals surface area contributed by atoms with Crippen LogP contribution in [-0.4, -0.2) is 7.05 Å². The fraction of sp³-hybridized carbons (Fsp3) is 0.200. The summed E-state index contributed by atoms with van der Waals surface area (Å²) in [5, 5.41) is 2.97. The molecule has 2 rings (SSSR count). The van der Waals surface area contributed by atoms with Crippen LogP contribution in [0.5, 0.6) is 0 Å². The zero-order valence-corrected chi connectivity index (χ0v) is 12.3. The zero-order valence-electron chi connectivity index (χ0n) is 10.7. The zero-order chi connectivity index (χ0) is 14.0. The van der Waals surface area contributed by atoms with Crippen molar-refractivity contribution in [1.82, 2.24) is 5.32 Å². The Labute approximate surface area is 119 Å². The maximum Gasteiger partial charge on any atom is 0.129 e. The smallest absolute Gasteiger partial charge is 0.129 e. The predicted molar refractivity (Wildman–Crippen MR) is 76.1 cm³/mol. The fourth-order valence-corrected chi connectivity index (χ4v) is 2.70. The summed E-state index contributed by atoms with van der Waals surface area (Å²) >= 11 is 3.33. The lowest BCUT2D eigenvalue weighted by molar-refractivity contribution is 0.545. The molecule has 0 aliphatic heterocycles. The second-order valence-electron chi connectivity index (χ2n) is 4.38. The molecule has 0 saturated carbocycles. The second-order valence-corrected chi connectivity index (χ2v) is 5.24.